The van der Waals surface area contributed by atoms with Crippen LogP contribution in [0.4, 0.5) is 0 Å². The minimum atomic E-state index is 0.504. The van der Waals surface area contributed by atoms with Crippen molar-refractivity contribution in [3.8, 4) is 34.6 Å². The summed E-state index contributed by atoms with van der Waals surface area (Å²) in [5, 5.41) is 30.4. The molecule has 2 aromatic heterocycles. The molecular weight excluding hydrogens is 717 g/mol. The van der Waals surface area contributed by atoms with Crippen LogP contribution in [0.15, 0.2) is 189 Å². The summed E-state index contributed by atoms with van der Waals surface area (Å²) in [4.78, 5) is 0. The second-order valence-electron chi connectivity index (χ2n) is 14.9. The number of para-hydroxylation sites is 3. The molecule has 0 atom stereocenters. The molecule has 0 aliphatic heterocycles. The Morgan fingerprint density at radius 1 is 0.525 bits per heavy atom. The number of allylic oxidation sites excluding steroid dienone is 2. The van der Waals surface area contributed by atoms with Crippen molar-refractivity contribution in [1.29, 1.82) is 10.5 Å². The van der Waals surface area contributed by atoms with Crippen molar-refractivity contribution in [2.75, 3.05) is 0 Å². The van der Waals surface area contributed by atoms with Crippen LogP contribution in [0.25, 0.3) is 93.2 Å². The van der Waals surface area contributed by atoms with E-state index in [2.05, 4.69) is 181 Å². The largest absolute Gasteiger partial charge is 0.295 e. The molecule has 0 amide bonds. The van der Waals surface area contributed by atoms with Gasteiger partial charge in [-0.1, -0.05) is 128 Å². The molecule has 2 heterocycles. The highest BCUT2D eigenvalue weighted by atomic mass is 15.1. The van der Waals surface area contributed by atoms with Crippen molar-refractivity contribution >= 4 is 70.7 Å². The number of aromatic nitrogens is 2. The summed E-state index contributed by atoms with van der Waals surface area (Å²) in [6.45, 7) is 9.64. The molecule has 4 nitrogen and oxygen atoms in total. The van der Waals surface area contributed by atoms with Crippen LogP contribution >= 0.6 is 0 Å². The topological polar surface area (TPSA) is 57.4 Å². The lowest BCUT2D eigenvalue weighted by molar-refractivity contribution is 1.07. The van der Waals surface area contributed by atoms with Crippen LogP contribution in [0.5, 0.6) is 0 Å². The predicted octanol–water partition coefficient (Wildman–Crippen LogP) is 14.2. The number of hydrogen-bond acceptors (Lipinski definition) is 2. The van der Waals surface area contributed by atoms with Crippen LogP contribution in [0.2, 0.25) is 0 Å². The van der Waals surface area contributed by atoms with E-state index < -0.39 is 0 Å². The van der Waals surface area contributed by atoms with Crippen LogP contribution in [-0.4, -0.2) is 9.13 Å². The Bertz CT molecular complexity index is 3470. The Morgan fingerprint density at radius 2 is 1.02 bits per heavy atom. The zero-order chi connectivity index (χ0) is 40.2. The molecule has 276 valence electrons. The second kappa shape index (κ2) is 14.1. The molecule has 0 N–H and O–H groups in total. The molecule has 59 heavy (non-hydrogen) atoms. The molecule has 9 aromatic carbocycles. The number of rotatable bonds is 5. The summed E-state index contributed by atoms with van der Waals surface area (Å²) in [6.07, 6.45) is 1.78. The van der Waals surface area contributed by atoms with Gasteiger partial charge in [0.15, 0.2) is 0 Å². The maximum absolute atomic E-state index is 9.87. The average molecular weight is 753 g/mol. The van der Waals surface area contributed by atoms with Gasteiger partial charge >= 0.3 is 0 Å². The molecule has 0 aliphatic carbocycles. The van der Waals surface area contributed by atoms with Crippen molar-refractivity contribution < 1.29 is 0 Å². The first-order valence-electron chi connectivity index (χ1n) is 19.6. The zero-order valence-corrected chi connectivity index (χ0v) is 32.4. The van der Waals surface area contributed by atoms with Gasteiger partial charge in [0.25, 0.3) is 0 Å². The Kier molecular flexibility index (Phi) is 8.41. The molecule has 11 rings (SSSR count). The SMILES string of the molecule is C=CC(=C)c1ccccc1C.N#Cc1cccc(C#N)c1-c1cc2ccc3cc(-n4c5ccccc5c5c6ccccc6n(-c6ccccc6)c54)cc4ccc(c1)c2c34. The van der Waals surface area contributed by atoms with Gasteiger partial charge < -0.3 is 0 Å². The predicted molar refractivity (Wildman–Crippen MR) is 247 cm³/mol. The standard InChI is InChI=1S/C44H24N4.C11H12/c45-25-31-9-8-10-32(26-46)40(31)33-21-27-17-19-29-23-35(24-30-20-18-28(22-33)41(27)42(29)30)48-39-16-7-5-14-37(39)43-36-13-4-6-15-38(36)47(44(43)48)34-11-2-1-3-12-34;1-4-9(2)11-8-6-5-7-10(11)3/h1-24H;4-8H,1-2H2,3H3. The van der Waals surface area contributed by atoms with Gasteiger partial charge in [0.1, 0.15) is 5.65 Å². The Balaban J connectivity index is 0.000000334. The highest BCUT2D eigenvalue weighted by molar-refractivity contribution is 6.25. The lowest BCUT2D eigenvalue weighted by Crippen LogP contribution is -2.02. The molecule has 0 saturated heterocycles. The monoisotopic (exact) mass is 752 g/mol. The molecule has 4 heteroatoms. The lowest BCUT2D eigenvalue weighted by atomic mass is 9.89. The van der Waals surface area contributed by atoms with Gasteiger partial charge in [-0.2, -0.15) is 10.5 Å². The van der Waals surface area contributed by atoms with Crippen molar-refractivity contribution in [3.63, 3.8) is 0 Å². The third-order valence-corrected chi connectivity index (χ3v) is 11.6. The molecule has 0 bridgehead atoms. The van der Waals surface area contributed by atoms with Crippen LogP contribution < -0.4 is 0 Å². The van der Waals surface area contributed by atoms with Gasteiger partial charge in [0.2, 0.25) is 0 Å². The normalized spacial score (nSPS) is 11.2. The highest BCUT2D eigenvalue weighted by Crippen LogP contribution is 2.43. The fourth-order valence-corrected chi connectivity index (χ4v) is 8.99. The minimum absolute atomic E-state index is 0.504. The van der Waals surface area contributed by atoms with E-state index >= 15 is 0 Å². The van der Waals surface area contributed by atoms with Crippen LogP contribution in [0, 0.1) is 29.6 Å². The van der Waals surface area contributed by atoms with Crippen molar-refractivity contribution in [1.82, 2.24) is 9.13 Å². The fourth-order valence-electron chi connectivity index (χ4n) is 8.99. The number of aryl methyl sites for hydroxylation is 1. The molecular formula is C55H36N4. The number of nitrogens with zero attached hydrogens (tertiary/aromatic N) is 4. The van der Waals surface area contributed by atoms with E-state index in [0.29, 0.717) is 16.7 Å². The van der Waals surface area contributed by atoms with Gasteiger partial charge in [-0.05, 0) is 122 Å². The molecule has 0 saturated carbocycles. The van der Waals surface area contributed by atoms with Gasteiger partial charge in [-0.25, -0.2) is 0 Å². The third kappa shape index (κ3) is 5.59. The Morgan fingerprint density at radius 3 is 1.56 bits per heavy atom. The van der Waals surface area contributed by atoms with Crippen molar-refractivity contribution in [3.05, 3.63) is 211 Å². The zero-order valence-electron chi connectivity index (χ0n) is 32.4. The van der Waals surface area contributed by atoms with Gasteiger partial charge in [0.05, 0.1) is 34.3 Å². The molecule has 0 fully saturated rings. The van der Waals surface area contributed by atoms with E-state index in [0.717, 1.165) is 49.7 Å². The third-order valence-electron chi connectivity index (χ3n) is 11.6. The van der Waals surface area contributed by atoms with E-state index in [9.17, 15) is 10.5 Å². The summed E-state index contributed by atoms with van der Waals surface area (Å²) >= 11 is 0. The van der Waals surface area contributed by atoms with E-state index in [-0.39, 0.29) is 0 Å². The van der Waals surface area contributed by atoms with Crippen molar-refractivity contribution in [2.24, 2.45) is 0 Å². The first kappa shape index (κ1) is 35.2. The molecule has 0 radical (unpaired) electrons. The highest BCUT2D eigenvalue weighted by Gasteiger charge is 2.23. The van der Waals surface area contributed by atoms with Crippen LogP contribution in [0.3, 0.4) is 0 Å². The quantitative estimate of drug-likeness (QED) is 0.130. The summed E-state index contributed by atoms with van der Waals surface area (Å²) in [6, 6.07) is 63.7. The van der Waals surface area contributed by atoms with Crippen molar-refractivity contribution in [2.45, 2.75) is 6.92 Å². The Hall–Kier alpha value is -8.18. The lowest BCUT2D eigenvalue weighted by Gasteiger charge is -2.17. The maximum atomic E-state index is 9.87. The first-order chi connectivity index (χ1) is 29.0. The van der Waals surface area contributed by atoms with Crippen LogP contribution in [0.1, 0.15) is 22.3 Å². The van der Waals surface area contributed by atoms with Gasteiger partial charge in [-0.3, -0.25) is 9.13 Å². The molecule has 0 aliphatic rings. The van der Waals surface area contributed by atoms with E-state index in [1.54, 1.807) is 24.3 Å². The summed E-state index contributed by atoms with van der Waals surface area (Å²) in [5.74, 6) is 0. The van der Waals surface area contributed by atoms with E-state index in [1.165, 1.54) is 49.1 Å². The molecule has 0 spiro atoms. The summed E-state index contributed by atoms with van der Waals surface area (Å²) in [7, 11) is 0. The number of benzene rings is 9. The number of nitriles is 2. The second-order valence-corrected chi connectivity index (χ2v) is 14.9. The number of fused-ring (bicyclic) bond motifs is 5. The van der Waals surface area contributed by atoms with Gasteiger partial charge in [-0.15, -0.1) is 0 Å². The number of hydrogen-bond donors (Lipinski definition) is 0. The fraction of sp³-hybridized carbons (Fsp3) is 0.0182. The molecule has 0 unspecified atom stereocenters. The Labute approximate surface area is 342 Å². The molecule has 11 aromatic rings. The summed E-state index contributed by atoms with van der Waals surface area (Å²) in [5.41, 5.74) is 11.7. The smallest absolute Gasteiger partial charge is 0.131 e. The maximum Gasteiger partial charge on any atom is 0.131 e. The van der Waals surface area contributed by atoms with E-state index in [1.807, 2.05) is 12.1 Å². The van der Waals surface area contributed by atoms with E-state index in [4.69, 9.17) is 0 Å². The minimum Gasteiger partial charge on any atom is -0.295 e. The van der Waals surface area contributed by atoms with Gasteiger partial charge in [0, 0.05) is 33.1 Å². The summed E-state index contributed by atoms with van der Waals surface area (Å²) < 4.78 is 4.82. The van der Waals surface area contributed by atoms with Crippen LogP contribution in [-0.2, 0) is 0 Å². The first-order valence-corrected chi connectivity index (χ1v) is 19.6. The average Bonchev–Trinajstić information content (AvgIpc) is 3.80.